The minimum atomic E-state index is -6.13. The molecule has 6 aromatic rings. The van der Waals surface area contributed by atoms with Crippen molar-refractivity contribution in [3.63, 3.8) is 0 Å². The van der Waals surface area contributed by atoms with Crippen LogP contribution < -0.4 is 31.4 Å². The number of aromatic nitrogens is 1. The maximum atomic E-state index is 14.2. The van der Waals surface area contributed by atoms with E-state index in [1.807, 2.05) is 38.4 Å². The summed E-state index contributed by atoms with van der Waals surface area (Å²) < 4.78 is 343. The van der Waals surface area contributed by atoms with Crippen molar-refractivity contribution in [3.05, 3.63) is 160 Å². The van der Waals surface area contributed by atoms with Crippen molar-refractivity contribution in [3.8, 4) is 0 Å². The number of rotatable bonds is 6. The van der Waals surface area contributed by atoms with Gasteiger partial charge in [0, 0.05) is 10.8 Å². The molecule has 1 aromatic heterocycles. The predicted molar refractivity (Wildman–Crippen MR) is 206 cm³/mol. The second-order valence-corrected chi connectivity index (χ2v) is 15.8. The van der Waals surface area contributed by atoms with E-state index < -0.39 is 195 Å². The number of pyridine rings is 1. The van der Waals surface area contributed by atoms with Crippen LogP contribution in [0.5, 0.6) is 0 Å². The lowest BCUT2D eigenvalue weighted by atomic mass is 9.12. The Morgan fingerprint density at radius 1 is 0.338 bits per heavy atom. The van der Waals surface area contributed by atoms with Gasteiger partial charge in [-0.25, -0.2) is 0 Å². The lowest BCUT2D eigenvalue weighted by Crippen LogP contribution is -2.75. The van der Waals surface area contributed by atoms with Crippen LogP contribution in [0.25, 0.3) is 10.8 Å². The molecule has 384 valence electrons. The molecule has 27 heteroatoms. The van der Waals surface area contributed by atoms with Crippen molar-refractivity contribution in [2.24, 2.45) is 0 Å². The standard InChI is InChI=1S/C32H12BF24.C12H14NO/c34-25(35,36)13-1-14(26(37,38)39)6-21(5-13)33(22-7-15(27(40,41)42)2-16(8-22)28(43,44)45,23-9-17(29(46,47)48)3-18(10-23)30(49,50)51)24-11-19(31(52,53)54)4-20(12-24)32(55,56)57;1-10(2)14-13-8-7-11-5-3-4-6-12(11)9-13/h1-12H;3-10H,1-2H3/q-1;+1. The number of halogens is 24. The summed E-state index contributed by atoms with van der Waals surface area (Å²) in [6.45, 7) is 4.03. The summed E-state index contributed by atoms with van der Waals surface area (Å²) in [7, 11) is 0. The van der Waals surface area contributed by atoms with Crippen molar-refractivity contribution in [2.75, 3.05) is 0 Å². The zero-order chi connectivity index (χ0) is 53.9. The van der Waals surface area contributed by atoms with Gasteiger partial charge in [0.2, 0.25) is 12.4 Å². The molecular weight excluding hydrogens is 1030 g/mol. The molecule has 0 aliphatic heterocycles. The lowest BCUT2D eigenvalue weighted by molar-refractivity contribution is -0.897. The molecule has 0 spiro atoms. The van der Waals surface area contributed by atoms with Gasteiger partial charge >= 0.3 is 49.4 Å². The van der Waals surface area contributed by atoms with Crippen LogP contribution in [0, 0.1) is 0 Å². The number of alkyl halides is 24. The minimum absolute atomic E-state index is 0.196. The molecule has 71 heavy (non-hydrogen) atoms. The van der Waals surface area contributed by atoms with Crippen molar-refractivity contribution in [2.45, 2.75) is 69.4 Å². The van der Waals surface area contributed by atoms with Crippen LogP contribution in [0.1, 0.15) is 58.4 Å². The number of benzene rings is 5. The highest BCUT2D eigenvalue weighted by molar-refractivity contribution is 7.20. The van der Waals surface area contributed by atoms with Gasteiger partial charge in [0.25, 0.3) is 0 Å². The topological polar surface area (TPSA) is 13.1 Å². The SMILES string of the molecule is CC(C)O[n+]1ccc2ccccc2c1.FC(F)(F)c1cc([B-](c2cc(C(F)(F)F)cc(C(F)(F)F)c2)(c2cc(C(F)(F)F)cc(C(F)(F)F)c2)c2cc(C(F)(F)F)cc(C(F)(F)F)c2)cc(C(F)(F)F)c1. The third-order valence-corrected chi connectivity index (χ3v) is 10.4. The van der Waals surface area contributed by atoms with Gasteiger partial charge in [0.05, 0.1) is 49.9 Å². The van der Waals surface area contributed by atoms with Crippen molar-refractivity contribution >= 4 is 38.8 Å². The molecule has 0 aliphatic rings. The zero-order valence-electron chi connectivity index (χ0n) is 35.1. The molecule has 1 heterocycles. The molecule has 2 nitrogen and oxygen atoms in total. The van der Waals surface area contributed by atoms with Crippen LogP contribution in [0.4, 0.5) is 105 Å². The van der Waals surface area contributed by atoms with E-state index >= 15 is 0 Å². The maximum Gasteiger partial charge on any atom is 0.416 e. The molecule has 0 radical (unpaired) electrons. The molecule has 5 aromatic carbocycles. The summed E-state index contributed by atoms with van der Waals surface area (Å²) in [5, 5.41) is 2.42. The van der Waals surface area contributed by atoms with Gasteiger partial charge in [-0.1, -0.05) is 66.7 Å². The fourth-order valence-corrected chi connectivity index (χ4v) is 7.49. The molecule has 0 atom stereocenters. The molecule has 0 saturated carbocycles. The Morgan fingerprint density at radius 2 is 0.563 bits per heavy atom. The molecule has 0 fully saturated rings. The molecule has 6 rings (SSSR count). The third kappa shape index (κ3) is 12.8. The summed E-state index contributed by atoms with van der Waals surface area (Å²) in [6, 6.07) is 1.48. The second-order valence-electron chi connectivity index (χ2n) is 15.8. The first-order valence-corrected chi connectivity index (χ1v) is 19.4. The predicted octanol–water partition coefficient (Wildman–Crippen LogP) is 13.2. The first-order valence-electron chi connectivity index (χ1n) is 19.4. The molecular formula is C44H26BF24NO. The first kappa shape index (κ1) is 55.6. The van der Waals surface area contributed by atoms with E-state index in [1.54, 1.807) is 4.73 Å². The van der Waals surface area contributed by atoms with Crippen molar-refractivity contribution < 1.29 is 115 Å². The average Bonchev–Trinajstić information content (AvgIpc) is 3.21. The Bertz CT molecular complexity index is 2440. The van der Waals surface area contributed by atoms with E-state index in [0.717, 1.165) is 0 Å². The van der Waals surface area contributed by atoms with E-state index in [1.165, 1.54) is 10.8 Å². The highest BCUT2D eigenvalue weighted by atomic mass is 19.4. The van der Waals surface area contributed by atoms with Gasteiger partial charge in [-0.2, -0.15) is 127 Å². The van der Waals surface area contributed by atoms with Gasteiger partial charge in [0.15, 0.2) is 6.10 Å². The van der Waals surface area contributed by atoms with Crippen molar-refractivity contribution in [1.29, 1.82) is 0 Å². The maximum absolute atomic E-state index is 14.2. The van der Waals surface area contributed by atoms with Crippen LogP contribution >= 0.6 is 0 Å². The first-order chi connectivity index (χ1) is 32.0. The quantitative estimate of drug-likeness (QED) is 0.0920. The molecule has 0 amide bonds. The summed E-state index contributed by atoms with van der Waals surface area (Å²) in [5.74, 6) is 0. The Labute approximate surface area is 382 Å². The lowest BCUT2D eigenvalue weighted by Gasteiger charge is -2.46. The minimum Gasteiger partial charge on any atom is -0.269 e. The molecule has 0 unspecified atom stereocenters. The largest absolute Gasteiger partial charge is 0.416 e. The van der Waals surface area contributed by atoms with Crippen LogP contribution in [0.2, 0.25) is 0 Å². The number of hydrogen-bond donors (Lipinski definition) is 0. The van der Waals surface area contributed by atoms with E-state index in [4.69, 9.17) is 4.84 Å². The highest BCUT2D eigenvalue weighted by Gasteiger charge is 2.47. The van der Waals surface area contributed by atoms with Crippen LogP contribution in [0.15, 0.2) is 116 Å². The van der Waals surface area contributed by atoms with E-state index in [-0.39, 0.29) is 6.10 Å². The number of fused-ring (bicyclic) bond motifs is 1. The molecule has 0 bridgehead atoms. The highest BCUT2D eigenvalue weighted by Crippen LogP contribution is 2.41. The molecule has 0 aliphatic carbocycles. The second kappa shape index (κ2) is 18.7. The molecule has 0 N–H and O–H groups in total. The van der Waals surface area contributed by atoms with Crippen molar-refractivity contribution in [1.82, 2.24) is 0 Å². The Balaban J connectivity index is 0.000000569. The van der Waals surface area contributed by atoms with Gasteiger partial charge in [-0.15, -0.1) is 0 Å². The number of nitrogens with zero attached hydrogens (tertiary/aromatic N) is 1. The summed E-state index contributed by atoms with van der Waals surface area (Å²) >= 11 is 0. The van der Waals surface area contributed by atoms with Crippen LogP contribution in [0.3, 0.4) is 0 Å². The van der Waals surface area contributed by atoms with E-state index in [2.05, 4.69) is 18.2 Å². The van der Waals surface area contributed by atoms with Gasteiger partial charge in [0.1, 0.15) is 6.15 Å². The smallest absolute Gasteiger partial charge is 0.269 e. The third-order valence-electron chi connectivity index (χ3n) is 10.4. The fraction of sp³-hybridized carbons (Fsp3) is 0.250. The summed E-state index contributed by atoms with van der Waals surface area (Å²) in [6.07, 6.45) is -50.7. The van der Waals surface area contributed by atoms with Gasteiger partial charge in [-0.3, -0.25) is 4.84 Å². The van der Waals surface area contributed by atoms with Gasteiger partial charge < -0.3 is 0 Å². The van der Waals surface area contributed by atoms with Crippen LogP contribution in [-0.2, 0) is 49.4 Å². The van der Waals surface area contributed by atoms with Crippen LogP contribution in [-0.4, -0.2) is 12.2 Å². The summed E-state index contributed by atoms with van der Waals surface area (Å²) in [4.78, 5) is 5.54. The van der Waals surface area contributed by atoms with Gasteiger partial charge in [-0.05, 0) is 49.6 Å². The average molecular weight is 1050 g/mol. The Kier molecular flexibility index (Phi) is 14.7. The van der Waals surface area contributed by atoms with E-state index in [9.17, 15) is 105 Å². The zero-order valence-corrected chi connectivity index (χ0v) is 35.1. The van der Waals surface area contributed by atoms with E-state index in [0.29, 0.717) is 0 Å². The summed E-state index contributed by atoms with van der Waals surface area (Å²) in [5.41, 5.74) is -30.2. The number of hydrogen-bond acceptors (Lipinski definition) is 1. The Morgan fingerprint density at radius 3 is 0.775 bits per heavy atom. The monoisotopic (exact) mass is 1050 g/mol. The normalized spacial score (nSPS) is 13.6. The molecule has 0 saturated heterocycles. The Hall–Kier alpha value is -6.31. The fourth-order valence-electron chi connectivity index (χ4n) is 7.49.